The Labute approximate surface area is 214 Å². The molecule has 1 heterocycles. The van der Waals surface area contributed by atoms with Crippen LogP contribution >= 0.6 is 23.2 Å². The Bertz CT molecular complexity index is 1120. The van der Waals surface area contributed by atoms with E-state index < -0.39 is 36.1 Å². The molecule has 1 aliphatic heterocycles. The molecule has 9 heteroatoms. The molecule has 3 amide bonds. The van der Waals surface area contributed by atoms with Gasteiger partial charge in [-0.15, -0.1) is 6.58 Å². The molecule has 2 aliphatic rings. The van der Waals surface area contributed by atoms with E-state index in [-0.39, 0.29) is 18.2 Å². The van der Waals surface area contributed by atoms with Gasteiger partial charge in [0, 0.05) is 23.4 Å². The number of halogens is 2. The largest absolute Gasteiger partial charge is 0.358 e. The molecule has 0 spiro atoms. The van der Waals surface area contributed by atoms with Gasteiger partial charge >= 0.3 is 0 Å². The molecule has 1 unspecified atom stereocenters. The molecular formula is C26H27Cl2N3O4. The lowest BCUT2D eigenvalue weighted by molar-refractivity contribution is -0.182. The summed E-state index contributed by atoms with van der Waals surface area (Å²) in [6, 6.07) is 13.0. The van der Waals surface area contributed by atoms with Gasteiger partial charge in [0.15, 0.2) is 0 Å². The monoisotopic (exact) mass is 515 g/mol. The number of nitrogens with one attached hydrogen (secondary N) is 2. The highest BCUT2D eigenvalue weighted by Gasteiger charge is 2.52. The van der Waals surface area contributed by atoms with E-state index in [4.69, 9.17) is 27.9 Å². The number of ether oxygens (including phenoxy) is 1. The van der Waals surface area contributed by atoms with Gasteiger partial charge in [0.1, 0.15) is 18.2 Å². The molecule has 2 aromatic carbocycles. The zero-order valence-corrected chi connectivity index (χ0v) is 20.8. The summed E-state index contributed by atoms with van der Waals surface area (Å²) < 4.78 is 6.38. The highest BCUT2D eigenvalue weighted by Crippen LogP contribution is 2.48. The van der Waals surface area contributed by atoms with Crippen LogP contribution in [0.15, 0.2) is 61.2 Å². The van der Waals surface area contributed by atoms with Crippen molar-refractivity contribution in [2.75, 3.05) is 0 Å². The van der Waals surface area contributed by atoms with Gasteiger partial charge < -0.3 is 9.64 Å². The Morgan fingerprint density at radius 1 is 1.11 bits per heavy atom. The molecule has 0 bridgehead atoms. The van der Waals surface area contributed by atoms with E-state index in [0.29, 0.717) is 10.0 Å². The van der Waals surface area contributed by atoms with E-state index in [9.17, 15) is 14.4 Å². The van der Waals surface area contributed by atoms with E-state index in [2.05, 4.69) is 17.4 Å². The number of morpholine rings is 1. The Balaban J connectivity index is 1.84. The predicted octanol–water partition coefficient (Wildman–Crippen LogP) is 4.53. The lowest BCUT2D eigenvalue weighted by Gasteiger charge is -2.47. The molecule has 1 saturated heterocycles. The number of carbonyl (C=O) groups is 3. The minimum absolute atomic E-state index is 0.0370. The van der Waals surface area contributed by atoms with Crippen molar-refractivity contribution in [2.45, 2.75) is 50.5 Å². The van der Waals surface area contributed by atoms with Gasteiger partial charge in [-0.2, -0.15) is 0 Å². The molecule has 0 radical (unpaired) electrons. The minimum Gasteiger partial charge on any atom is -0.358 e. The molecule has 1 aliphatic carbocycles. The van der Waals surface area contributed by atoms with Crippen LogP contribution in [0.4, 0.5) is 0 Å². The van der Waals surface area contributed by atoms with Crippen molar-refractivity contribution < 1.29 is 19.1 Å². The van der Waals surface area contributed by atoms with Gasteiger partial charge in [0.05, 0.1) is 6.04 Å². The Kier molecular flexibility index (Phi) is 7.79. The van der Waals surface area contributed by atoms with Crippen LogP contribution in [0.25, 0.3) is 0 Å². The molecule has 2 aromatic rings. The van der Waals surface area contributed by atoms with Crippen LogP contribution in [0.2, 0.25) is 10.0 Å². The number of benzene rings is 2. The first kappa shape index (κ1) is 25.2. The third-order valence-electron chi connectivity index (χ3n) is 6.20. The number of amides is 3. The summed E-state index contributed by atoms with van der Waals surface area (Å²) in [6.45, 7) is 5.08. The summed E-state index contributed by atoms with van der Waals surface area (Å²) >= 11 is 12.5. The Hall–Kier alpha value is -2.87. The van der Waals surface area contributed by atoms with E-state index in [1.165, 1.54) is 6.92 Å². The maximum atomic E-state index is 13.9. The molecule has 4 atom stereocenters. The number of carbonyl (C=O) groups excluding carboxylic acids is 3. The van der Waals surface area contributed by atoms with Crippen LogP contribution in [0, 0.1) is 5.92 Å². The summed E-state index contributed by atoms with van der Waals surface area (Å²) in [6.07, 6.45) is 2.07. The van der Waals surface area contributed by atoms with Crippen LogP contribution in [0.3, 0.4) is 0 Å². The summed E-state index contributed by atoms with van der Waals surface area (Å²) in [5.41, 5.74) is 6.37. The lowest BCUT2D eigenvalue weighted by atomic mass is 9.89. The third kappa shape index (κ3) is 5.69. The fraction of sp³-hybridized carbons (Fsp3) is 0.346. The summed E-state index contributed by atoms with van der Waals surface area (Å²) in [4.78, 5) is 40.3. The quantitative estimate of drug-likeness (QED) is 0.419. The molecule has 0 aromatic heterocycles. The van der Waals surface area contributed by atoms with Crippen LogP contribution in [0.1, 0.15) is 49.5 Å². The first-order valence-corrected chi connectivity index (χ1v) is 12.2. The number of nitrogens with zero attached hydrogens (tertiary/aromatic N) is 1. The van der Waals surface area contributed by atoms with Crippen molar-refractivity contribution >= 4 is 40.9 Å². The van der Waals surface area contributed by atoms with Crippen LogP contribution in [-0.2, 0) is 19.1 Å². The van der Waals surface area contributed by atoms with Crippen molar-refractivity contribution in [3.63, 3.8) is 0 Å². The van der Waals surface area contributed by atoms with Crippen molar-refractivity contribution in [3.8, 4) is 0 Å². The maximum absolute atomic E-state index is 13.9. The van der Waals surface area contributed by atoms with Crippen molar-refractivity contribution in [1.82, 2.24) is 15.8 Å². The zero-order chi connectivity index (χ0) is 25.1. The molecular weight excluding hydrogens is 489 g/mol. The molecule has 4 rings (SSSR count). The number of hydrogen-bond acceptors (Lipinski definition) is 4. The molecule has 35 heavy (non-hydrogen) atoms. The summed E-state index contributed by atoms with van der Waals surface area (Å²) in [5, 5.41) is 1.08. The normalized spacial score (nSPS) is 22.9. The van der Waals surface area contributed by atoms with E-state index >= 15 is 0 Å². The zero-order valence-electron chi connectivity index (χ0n) is 19.2. The topological polar surface area (TPSA) is 87.7 Å². The number of rotatable bonds is 7. The molecule has 2 fully saturated rings. The standard InChI is InChI=1S/C26H27Cl2N3O4/c1-3-5-21-26(34)31(23(17-8-9-17)25(33)30-29-15(2)32)22(16-10-12-19(27)13-11-16)24(35-21)18-6-4-7-20(28)14-18/h3-4,6-7,10-14,17,21-24H,1,5,8-9H2,2H3,(H,29,32)(H,30,33)/t21-,22+,23?,24-/m0/s1. The first-order chi connectivity index (χ1) is 16.8. The van der Waals surface area contributed by atoms with Gasteiger partial charge in [-0.25, -0.2) is 0 Å². The Morgan fingerprint density at radius 2 is 1.83 bits per heavy atom. The van der Waals surface area contributed by atoms with E-state index in [1.54, 1.807) is 35.2 Å². The van der Waals surface area contributed by atoms with Crippen molar-refractivity contribution in [3.05, 3.63) is 82.4 Å². The first-order valence-electron chi connectivity index (χ1n) is 11.5. The Morgan fingerprint density at radius 3 is 2.43 bits per heavy atom. The minimum atomic E-state index is -0.824. The van der Waals surface area contributed by atoms with Crippen LogP contribution in [0.5, 0.6) is 0 Å². The van der Waals surface area contributed by atoms with Crippen LogP contribution < -0.4 is 10.9 Å². The summed E-state index contributed by atoms with van der Waals surface area (Å²) in [5.74, 6) is -1.20. The SMILES string of the molecule is C=CC[C@@H]1O[C@@H](c2cccc(Cl)c2)[C@@H](c2ccc(Cl)cc2)N(C(C(=O)NNC(C)=O)C2CC2)C1=O. The molecule has 2 N–H and O–H groups in total. The average molecular weight is 516 g/mol. The number of hydrogen-bond donors (Lipinski definition) is 2. The predicted molar refractivity (Wildman–Crippen MR) is 133 cm³/mol. The van der Waals surface area contributed by atoms with Crippen LogP contribution in [-0.4, -0.2) is 34.8 Å². The average Bonchev–Trinajstić information content (AvgIpc) is 3.66. The fourth-order valence-electron chi connectivity index (χ4n) is 4.52. The second kappa shape index (κ2) is 10.8. The lowest BCUT2D eigenvalue weighted by Crippen LogP contribution is -2.60. The molecule has 1 saturated carbocycles. The number of hydrazine groups is 1. The smallest absolute Gasteiger partial charge is 0.261 e. The second-order valence-electron chi connectivity index (χ2n) is 8.82. The van der Waals surface area contributed by atoms with Crippen molar-refractivity contribution in [2.24, 2.45) is 5.92 Å². The van der Waals surface area contributed by atoms with Gasteiger partial charge in [-0.3, -0.25) is 25.2 Å². The highest BCUT2D eigenvalue weighted by atomic mass is 35.5. The molecule has 184 valence electrons. The third-order valence-corrected chi connectivity index (χ3v) is 6.68. The van der Waals surface area contributed by atoms with Gasteiger partial charge in [-0.05, 0) is 54.2 Å². The van der Waals surface area contributed by atoms with Gasteiger partial charge in [0.25, 0.3) is 11.8 Å². The van der Waals surface area contributed by atoms with Crippen molar-refractivity contribution in [1.29, 1.82) is 0 Å². The molecule has 7 nitrogen and oxygen atoms in total. The fourth-order valence-corrected chi connectivity index (χ4v) is 4.84. The van der Waals surface area contributed by atoms with E-state index in [0.717, 1.165) is 24.0 Å². The van der Waals surface area contributed by atoms with Gasteiger partial charge in [-0.1, -0.05) is 53.5 Å². The van der Waals surface area contributed by atoms with E-state index in [1.807, 2.05) is 24.3 Å². The second-order valence-corrected chi connectivity index (χ2v) is 9.69. The highest BCUT2D eigenvalue weighted by molar-refractivity contribution is 6.30. The maximum Gasteiger partial charge on any atom is 0.261 e. The summed E-state index contributed by atoms with van der Waals surface area (Å²) in [7, 11) is 0. The van der Waals surface area contributed by atoms with Gasteiger partial charge in [0.2, 0.25) is 5.91 Å².